The molecule has 1 aromatic heterocycles. The van der Waals surface area contributed by atoms with E-state index in [1.807, 2.05) is 29.2 Å². The molecule has 0 atom stereocenters. The van der Waals surface area contributed by atoms with Crippen LogP contribution in [0.3, 0.4) is 0 Å². The number of aromatic nitrogens is 2. The summed E-state index contributed by atoms with van der Waals surface area (Å²) in [6.45, 7) is 2.62. The summed E-state index contributed by atoms with van der Waals surface area (Å²) in [6, 6.07) is 14.6. The lowest BCUT2D eigenvalue weighted by atomic mass is 9.95. The zero-order valence-electron chi connectivity index (χ0n) is 19.5. The molecular formula is C26H27F3N4O2. The van der Waals surface area contributed by atoms with Crippen molar-refractivity contribution in [3.63, 3.8) is 0 Å². The number of amides is 1. The molecule has 1 amide bonds. The second-order valence-corrected chi connectivity index (χ2v) is 8.91. The second-order valence-electron chi connectivity index (χ2n) is 8.91. The van der Waals surface area contributed by atoms with Gasteiger partial charge >= 0.3 is 6.18 Å². The number of ether oxygens (including phenoxy) is 1. The maximum absolute atomic E-state index is 13.5. The molecule has 2 heterocycles. The van der Waals surface area contributed by atoms with E-state index < -0.39 is 11.9 Å². The number of fused-ring (bicyclic) bond motifs is 1. The van der Waals surface area contributed by atoms with E-state index in [1.165, 1.54) is 4.68 Å². The van der Waals surface area contributed by atoms with E-state index in [2.05, 4.69) is 10.00 Å². The summed E-state index contributed by atoms with van der Waals surface area (Å²) < 4.78 is 47.2. The number of anilines is 1. The van der Waals surface area contributed by atoms with E-state index in [9.17, 15) is 18.0 Å². The summed E-state index contributed by atoms with van der Waals surface area (Å²) in [5, 5.41) is 3.93. The van der Waals surface area contributed by atoms with Gasteiger partial charge in [0, 0.05) is 48.7 Å². The van der Waals surface area contributed by atoms with E-state index in [0.29, 0.717) is 48.4 Å². The van der Waals surface area contributed by atoms with Gasteiger partial charge in [-0.2, -0.15) is 18.3 Å². The van der Waals surface area contributed by atoms with Gasteiger partial charge in [0.15, 0.2) is 5.69 Å². The number of carbonyl (C=O) groups is 1. The predicted molar refractivity (Wildman–Crippen MR) is 126 cm³/mol. The number of piperazine rings is 1. The molecule has 5 rings (SSSR count). The third-order valence-electron chi connectivity index (χ3n) is 6.81. The molecule has 35 heavy (non-hydrogen) atoms. The second kappa shape index (κ2) is 9.28. The molecule has 1 fully saturated rings. The molecule has 2 aliphatic rings. The third-order valence-corrected chi connectivity index (χ3v) is 6.81. The van der Waals surface area contributed by atoms with Crippen molar-refractivity contribution in [1.82, 2.24) is 14.7 Å². The number of methoxy groups -OCH3 is 1. The van der Waals surface area contributed by atoms with Crippen LogP contribution in [0.5, 0.6) is 5.75 Å². The molecule has 9 heteroatoms. The fourth-order valence-corrected chi connectivity index (χ4v) is 4.93. The van der Waals surface area contributed by atoms with Crippen molar-refractivity contribution >= 4 is 11.6 Å². The van der Waals surface area contributed by atoms with Crippen LogP contribution in [0.25, 0.3) is 5.69 Å². The van der Waals surface area contributed by atoms with E-state index in [4.69, 9.17) is 4.74 Å². The summed E-state index contributed by atoms with van der Waals surface area (Å²) in [4.78, 5) is 17.1. The summed E-state index contributed by atoms with van der Waals surface area (Å²) in [5.74, 6) is 0.723. The number of halogens is 3. The van der Waals surface area contributed by atoms with Crippen molar-refractivity contribution < 1.29 is 22.7 Å². The minimum absolute atomic E-state index is 0.0793. The van der Waals surface area contributed by atoms with Crippen LogP contribution in [0.2, 0.25) is 0 Å². The maximum Gasteiger partial charge on any atom is 0.435 e. The smallest absolute Gasteiger partial charge is 0.435 e. The normalized spacial score (nSPS) is 16.2. The standard InChI is InChI=1S/C26H27F3N4O2/c1-35-21-12-10-19(11-13-21)31-14-16-32(17-15-31)25(34)18-6-8-20(9-7-18)33-23-5-3-2-4-22(23)24(30-33)26(27,28)29/h6-13H,2-5,14-17H2,1H3. The largest absolute Gasteiger partial charge is 0.497 e. The van der Waals surface area contributed by atoms with Crippen LogP contribution in [0, 0.1) is 0 Å². The first-order valence-corrected chi connectivity index (χ1v) is 11.8. The zero-order valence-corrected chi connectivity index (χ0v) is 19.5. The van der Waals surface area contributed by atoms with Gasteiger partial charge in [-0.3, -0.25) is 4.79 Å². The highest BCUT2D eigenvalue weighted by molar-refractivity contribution is 5.94. The average Bonchev–Trinajstić information content (AvgIpc) is 3.29. The van der Waals surface area contributed by atoms with Crippen LogP contribution >= 0.6 is 0 Å². The van der Waals surface area contributed by atoms with Gasteiger partial charge in [0.2, 0.25) is 0 Å². The Morgan fingerprint density at radius 2 is 1.51 bits per heavy atom. The van der Waals surface area contributed by atoms with Crippen LogP contribution in [0.1, 0.15) is 40.2 Å². The molecule has 6 nitrogen and oxygen atoms in total. The monoisotopic (exact) mass is 484 g/mol. The van der Waals surface area contributed by atoms with E-state index in [1.54, 1.807) is 31.4 Å². The molecule has 0 saturated carbocycles. The van der Waals surface area contributed by atoms with Crippen LogP contribution < -0.4 is 9.64 Å². The van der Waals surface area contributed by atoms with Gasteiger partial charge < -0.3 is 14.5 Å². The van der Waals surface area contributed by atoms with Gasteiger partial charge in [-0.15, -0.1) is 0 Å². The van der Waals surface area contributed by atoms with Crippen molar-refractivity contribution in [3.8, 4) is 11.4 Å². The molecule has 0 spiro atoms. The average molecular weight is 485 g/mol. The van der Waals surface area contributed by atoms with Crippen LogP contribution in [0.15, 0.2) is 48.5 Å². The summed E-state index contributed by atoms with van der Waals surface area (Å²) >= 11 is 0. The van der Waals surface area contributed by atoms with Gasteiger partial charge in [-0.25, -0.2) is 4.68 Å². The lowest BCUT2D eigenvalue weighted by Gasteiger charge is -2.36. The fraction of sp³-hybridized carbons (Fsp3) is 0.385. The van der Waals surface area contributed by atoms with Gasteiger partial charge in [0.25, 0.3) is 5.91 Å². The molecule has 1 saturated heterocycles. The number of benzene rings is 2. The Hall–Kier alpha value is -3.49. The number of rotatable bonds is 4. The van der Waals surface area contributed by atoms with E-state index >= 15 is 0 Å². The highest BCUT2D eigenvalue weighted by atomic mass is 19.4. The van der Waals surface area contributed by atoms with Crippen LogP contribution in [-0.2, 0) is 19.0 Å². The Kier molecular flexibility index (Phi) is 6.17. The lowest BCUT2D eigenvalue weighted by Crippen LogP contribution is -2.48. The van der Waals surface area contributed by atoms with Gasteiger partial charge in [-0.1, -0.05) is 0 Å². The first kappa shape index (κ1) is 23.3. The summed E-state index contributed by atoms with van der Waals surface area (Å²) in [7, 11) is 1.63. The SMILES string of the molecule is COc1ccc(N2CCN(C(=O)c3ccc(-n4nc(C(F)(F)F)c5c4CCCC5)cc3)CC2)cc1. The molecule has 0 bridgehead atoms. The fourth-order valence-electron chi connectivity index (χ4n) is 4.93. The van der Waals surface area contributed by atoms with Crippen molar-refractivity contribution in [3.05, 3.63) is 71.0 Å². The zero-order chi connectivity index (χ0) is 24.6. The molecule has 0 unspecified atom stereocenters. The molecule has 0 N–H and O–H groups in total. The molecular weight excluding hydrogens is 457 g/mol. The molecule has 1 aliphatic carbocycles. The van der Waals surface area contributed by atoms with Gasteiger partial charge in [0.1, 0.15) is 5.75 Å². The Bertz CT molecular complexity index is 1200. The lowest BCUT2D eigenvalue weighted by molar-refractivity contribution is -0.142. The van der Waals surface area contributed by atoms with Crippen LogP contribution in [-0.4, -0.2) is 53.9 Å². The highest BCUT2D eigenvalue weighted by Crippen LogP contribution is 2.36. The Morgan fingerprint density at radius 1 is 0.886 bits per heavy atom. The molecule has 184 valence electrons. The topological polar surface area (TPSA) is 50.6 Å². The molecule has 0 radical (unpaired) electrons. The summed E-state index contributed by atoms with van der Waals surface area (Å²) in [5.41, 5.74) is 2.28. The molecule has 1 aliphatic heterocycles. The third kappa shape index (κ3) is 4.59. The quantitative estimate of drug-likeness (QED) is 0.537. The van der Waals surface area contributed by atoms with Crippen molar-refractivity contribution in [1.29, 1.82) is 0 Å². The number of carbonyl (C=O) groups excluding carboxylic acids is 1. The Balaban J connectivity index is 1.28. The first-order chi connectivity index (χ1) is 16.8. The highest BCUT2D eigenvalue weighted by Gasteiger charge is 2.39. The van der Waals surface area contributed by atoms with Crippen LogP contribution in [0.4, 0.5) is 18.9 Å². The van der Waals surface area contributed by atoms with Gasteiger partial charge in [-0.05, 0) is 74.2 Å². The molecule has 3 aromatic rings. The number of hydrogen-bond acceptors (Lipinski definition) is 4. The minimum atomic E-state index is -4.48. The Labute approximate surface area is 201 Å². The van der Waals surface area contributed by atoms with E-state index in [-0.39, 0.29) is 5.91 Å². The van der Waals surface area contributed by atoms with Gasteiger partial charge in [0.05, 0.1) is 12.8 Å². The summed E-state index contributed by atoms with van der Waals surface area (Å²) in [6.07, 6.45) is -1.94. The van der Waals surface area contributed by atoms with Crippen molar-refractivity contribution in [2.45, 2.75) is 31.9 Å². The van der Waals surface area contributed by atoms with Crippen molar-refractivity contribution in [2.75, 3.05) is 38.2 Å². The Morgan fingerprint density at radius 3 is 2.14 bits per heavy atom. The maximum atomic E-state index is 13.5. The predicted octanol–water partition coefficient (Wildman–Crippen LogP) is 4.74. The number of hydrogen-bond donors (Lipinski definition) is 0. The van der Waals surface area contributed by atoms with Crippen molar-refractivity contribution in [2.24, 2.45) is 0 Å². The van der Waals surface area contributed by atoms with E-state index in [0.717, 1.165) is 37.4 Å². The minimum Gasteiger partial charge on any atom is -0.497 e. The first-order valence-electron chi connectivity index (χ1n) is 11.8. The number of nitrogens with zero attached hydrogens (tertiary/aromatic N) is 4. The number of alkyl halides is 3. The molecule has 2 aromatic carbocycles.